The van der Waals surface area contributed by atoms with Crippen LogP contribution in [0.4, 0.5) is 5.69 Å². The second kappa shape index (κ2) is 6.08. The van der Waals surface area contributed by atoms with Gasteiger partial charge in [0.05, 0.1) is 11.3 Å². The van der Waals surface area contributed by atoms with Crippen molar-refractivity contribution in [3.8, 4) is 6.07 Å². The third-order valence-corrected chi connectivity index (χ3v) is 3.76. The van der Waals surface area contributed by atoms with E-state index in [1.165, 1.54) is 12.8 Å². The molecule has 3 nitrogen and oxygen atoms in total. The number of halogens is 1. The van der Waals surface area contributed by atoms with E-state index in [1.807, 2.05) is 19.2 Å². The lowest BCUT2D eigenvalue weighted by Gasteiger charge is -2.34. The van der Waals surface area contributed by atoms with E-state index in [2.05, 4.69) is 16.3 Å². The first-order valence-corrected chi connectivity index (χ1v) is 6.71. The molecule has 0 amide bonds. The van der Waals surface area contributed by atoms with Crippen LogP contribution in [-0.2, 0) is 0 Å². The van der Waals surface area contributed by atoms with E-state index in [-0.39, 0.29) is 0 Å². The van der Waals surface area contributed by atoms with Gasteiger partial charge in [0.1, 0.15) is 6.07 Å². The largest absolute Gasteiger partial charge is 0.370 e. The third-order valence-electron chi connectivity index (χ3n) is 3.53. The summed E-state index contributed by atoms with van der Waals surface area (Å²) in [5.41, 5.74) is 1.69. The highest BCUT2D eigenvalue weighted by atomic mass is 35.5. The molecule has 0 spiro atoms. The predicted octanol–water partition coefficient (Wildman–Crippen LogP) is 2.65. The first kappa shape index (κ1) is 13.2. The predicted molar refractivity (Wildman–Crippen MR) is 75.0 cm³/mol. The van der Waals surface area contributed by atoms with Crippen molar-refractivity contribution in [2.24, 2.45) is 5.92 Å². The van der Waals surface area contributed by atoms with Gasteiger partial charge in [-0.05, 0) is 50.6 Å². The van der Waals surface area contributed by atoms with Gasteiger partial charge in [-0.1, -0.05) is 11.6 Å². The molecule has 1 heterocycles. The van der Waals surface area contributed by atoms with Gasteiger partial charge in [-0.2, -0.15) is 5.26 Å². The van der Waals surface area contributed by atoms with Gasteiger partial charge in [0.15, 0.2) is 0 Å². The molecule has 1 aliphatic rings. The molecule has 4 heteroatoms. The number of piperidine rings is 1. The monoisotopic (exact) mass is 263 g/mol. The first-order valence-electron chi connectivity index (χ1n) is 6.33. The van der Waals surface area contributed by atoms with Crippen LogP contribution in [0, 0.1) is 17.2 Å². The molecule has 0 bridgehead atoms. The maximum atomic E-state index is 9.16. The summed E-state index contributed by atoms with van der Waals surface area (Å²) in [5.74, 6) is 0.754. The number of nitriles is 1. The Kier molecular flexibility index (Phi) is 4.46. The third kappa shape index (κ3) is 2.95. The van der Waals surface area contributed by atoms with Crippen LogP contribution in [0.15, 0.2) is 18.2 Å². The summed E-state index contributed by atoms with van der Waals surface area (Å²) in [5, 5.41) is 13.0. The molecule has 2 rings (SSSR count). The Morgan fingerprint density at radius 2 is 2.17 bits per heavy atom. The number of hydrogen-bond acceptors (Lipinski definition) is 3. The number of benzene rings is 1. The van der Waals surface area contributed by atoms with Gasteiger partial charge in [-0.15, -0.1) is 0 Å². The number of anilines is 1. The van der Waals surface area contributed by atoms with Gasteiger partial charge in [0.25, 0.3) is 0 Å². The highest BCUT2D eigenvalue weighted by Crippen LogP contribution is 2.27. The standard InChI is InChI=1S/C14H18ClN3/c1-17-10-11-4-6-18(7-5-11)14-3-2-13(15)8-12(14)9-16/h2-3,8,11,17H,4-7,10H2,1H3. The van der Waals surface area contributed by atoms with E-state index in [9.17, 15) is 0 Å². The van der Waals surface area contributed by atoms with Crippen molar-refractivity contribution >= 4 is 17.3 Å². The minimum absolute atomic E-state index is 0.625. The first-order chi connectivity index (χ1) is 8.74. The van der Waals surface area contributed by atoms with Gasteiger partial charge in [-0.25, -0.2) is 0 Å². The van der Waals surface area contributed by atoms with E-state index >= 15 is 0 Å². The molecule has 0 aromatic heterocycles. The molecule has 96 valence electrons. The molecular weight excluding hydrogens is 246 g/mol. The summed E-state index contributed by atoms with van der Waals surface area (Å²) in [7, 11) is 2.00. The number of hydrogen-bond donors (Lipinski definition) is 1. The fraction of sp³-hybridized carbons (Fsp3) is 0.500. The Morgan fingerprint density at radius 1 is 1.44 bits per heavy atom. The zero-order valence-corrected chi connectivity index (χ0v) is 11.4. The van der Waals surface area contributed by atoms with Crippen LogP contribution in [0.3, 0.4) is 0 Å². The van der Waals surface area contributed by atoms with Crippen molar-refractivity contribution in [2.75, 3.05) is 31.6 Å². The summed E-state index contributed by atoms with van der Waals surface area (Å²) in [6.07, 6.45) is 2.35. The highest BCUT2D eigenvalue weighted by Gasteiger charge is 2.20. The summed E-state index contributed by atoms with van der Waals surface area (Å²) in [6.45, 7) is 3.12. The minimum atomic E-state index is 0.625. The Morgan fingerprint density at radius 3 is 2.78 bits per heavy atom. The van der Waals surface area contributed by atoms with Crippen molar-refractivity contribution in [3.05, 3.63) is 28.8 Å². The fourth-order valence-electron chi connectivity index (χ4n) is 2.54. The topological polar surface area (TPSA) is 39.1 Å². The molecule has 0 unspecified atom stereocenters. The average Bonchev–Trinajstić information content (AvgIpc) is 2.40. The minimum Gasteiger partial charge on any atom is -0.370 e. The van der Waals surface area contributed by atoms with Gasteiger partial charge in [-0.3, -0.25) is 0 Å². The molecule has 0 radical (unpaired) electrons. The van der Waals surface area contributed by atoms with Gasteiger partial charge < -0.3 is 10.2 Å². The fourth-order valence-corrected chi connectivity index (χ4v) is 2.71. The van der Waals surface area contributed by atoms with Crippen LogP contribution < -0.4 is 10.2 Å². The Balaban J connectivity index is 2.08. The van der Waals surface area contributed by atoms with Crippen LogP contribution in [0.2, 0.25) is 5.02 Å². The molecule has 1 N–H and O–H groups in total. The normalized spacial score (nSPS) is 16.6. The van der Waals surface area contributed by atoms with Crippen molar-refractivity contribution < 1.29 is 0 Å². The van der Waals surface area contributed by atoms with E-state index in [0.29, 0.717) is 10.6 Å². The smallest absolute Gasteiger partial charge is 0.101 e. The van der Waals surface area contributed by atoms with Gasteiger partial charge in [0, 0.05) is 18.1 Å². The van der Waals surface area contributed by atoms with E-state index in [4.69, 9.17) is 16.9 Å². The Hall–Kier alpha value is -1.24. The second-order valence-electron chi connectivity index (χ2n) is 4.76. The molecule has 0 saturated carbocycles. The van der Waals surface area contributed by atoms with Crippen molar-refractivity contribution in [1.29, 1.82) is 5.26 Å². The molecule has 1 aromatic rings. The molecule has 1 fully saturated rings. The van der Waals surface area contributed by atoms with Crippen LogP contribution in [0.5, 0.6) is 0 Å². The lowest BCUT2D eigenvalue weighted by Crippen LogP contribution is -2.37. The maximum absolute atomic E-state index is 9.16. The summed E-state index contributed by atoms with van der Waals surface area (Å²) < 4.78 is 0. The zero-order valence-electron chi connectivity index (χ0n) is 10.6. The molecule has 1 aromatic carbocycles. The molecule has 18 heavy (non-hydrogen) atoms. The van der Waals surface area contributed by atoms with E-state index < -0.39 is 0 Å². The van der Waals surface area contributed by atoms with Crippen molar-refractivity contribution in [1.82, 2.24) is 5.32 Å². The Bertz CT molecular complexity index is 445. The molecule has 1 aliphatic heterocycles. The van der Waals surface area contributed by atoms with Gasteiger partial charge in [0.2, 0.25) is 0 Å². The second-order valence-corrected chi connectivity index (χ2v) is 5.20. The van der Waals surface area contributed by atoms with Gasteiger partial charge >= 0.3 is 0 Å². The summed E-state index contributed by atoms with van der Waals surface area (Å²) in [6, 6.07) is 7.79. The highest BCUT2D eigenvalue weighted by molar-refractivity contribution is 6.30. The summed E-state index contributed by atoms with van der Waals surface area (Å²) >= 11 is 5.92. The molecule has 0 aliphatic carbocycles. The molecule has 1 saturated heterocycles. The SMILES string of the molecule is CNCC1CCN(c2ccc(Cl)cc2C#N)CC1. The number of nitrogens with zero attached hydrogens (tertiary/aromatic N) is 2. The van der Waals surface area contributed by atoms with Crippen LogP contribution >= 0.6 is 11.6 Å². The Labute approximate surface area is 113 Å². The summed E-state index contributed by atoms with van der Waals surface area (Å²) in [4.78, 5) is 2.29. The van der Waals surface area contributed by atoms with Crippen molar-refractivity contribution in [3.63, 3.8) is 0 Å². The number of rotatable bonds is 3. The number of nitrogens with one attached hydrogen (secondary N) is 1. The quantitative estimate of drug-likeness (QED) is 0.911. The van der Waals surface area contributed by atoms with Crippen LogP contribution in [-0.4, -0.2) is 26.7 Å². The average molecular weight is 264 g/mol. The maximum Gasteiger partial charge on any atom is 0.101 e. The lowest BCUT2D eigenvalue weighted by atomic mass is 9.96. The molecular formula is C14H18ClN3. The molecule has 0 atom stereocenters. The van der Waals surface area contributed by atoms with E-state index in [1.54, 1.807) is 6.07 Å². The lowest BCUT2D eigenvalue weighted by molar-refractivity contribution is 0.393. The zero-order chi connectivity index (χ0) is 13.0. The van der Waals surface area contributed by atoms with Crippen LogP contribution in [0.1, 0.15) is 18.4 Å². The van der Waals surface area contributed by atoms with E-state index in [0.717, 1.165) is 31.2 Å². The van der Waals surface area contributed by atoms with Crippen molar-refractivity contribution in [2.45, 2.75) is 12.8 Å². The van der Waals surface area contributed by atoms with Crippen LogP contribution in [0.25, 0.3) is 0 Å².